The number of rotatable bonds is 5. The van der Waals surface area contributed by atoms with Gasteiger partial charge in [0.2, 0.25) is 0 Å². The molecule has 0 heterocycles. The number of nitrogens with two attached hydrogens (primary N) is 1. The Kier molecular flexibility index (Phi) is 5.72. The summed E-state index contributed by atoms with van der Waals surface area (Å²) in [4.78, 5) is 11.1. The van der Waals surface area contributed by atoms with Crippen LogP contribution in [0.15, 0.2) is 22.7 Å². The van der Waals surface area contributed by atoms with Crippen molar-refractivity contribution in [3.8, 4) is 0 Å². The van der Waals surface area contributed by atoms with Gasteiger partial charge in [-0.2, -0.15) is 8.42 Å². The summed E-state index contributed by atoms with van der Waals surface area (Å²) in [6.45, 7) is 1.61. The minimum atomic E-state index is -4.13. The zero-order chi connectivity index (χ0) is 15.3. The van der Waals surface area contributed by atoms with E-state index >= 15 is 0 Å². The van der Waals surface area contributed by atoms with Crippen LogP contribution in [0.4, 0.5) is 10.5 Å². The monoisotopic (exact) mass is 381 g/mol. The Bertz CT molecular complexity index is 633. The van der Waals surface area contributed by atoms with Crippen molar-refractivity contribution < 1.29 is 17.9 Å². The van der Waals surface area contributed by atoms with Crippen LogP contribution in [0.2, 0.25) is 0 Å². The average Bonchev–Trinajstić information content (AvgIpc) is 2.30. The maximum atomic E-state index is 11.7. The van der Waals surface area contributed by atoms with E-state index in [1.54, 1.807) is 23.8 Å². The van der Waals surface area contributed by atoms with Gasteiger partial charge in [-0.05, 0) is 25.1 Å². The maximum Gasteiger partial charge on any atom is 0.422 e. The van der Waals surface area contributed by atoms with Crippen molar-refractivity contribution in [1.82, 2.24) is 4.72 Å². The zero-order valence-electron chi connectivity index (χ0n) is 10.3. The minimum absolute atomic E-state index is 0.0140. The molecule has 0 bridgehead atoms. The van der Waals surface area contributed by atoms with Gasteiger partial charge in [-0.15, -0.1) is 0 Å². The second-order valence-electron chi connectivity index (χ2n) is 3.48. The molecule has 1 amide bonds. The highest BCUT2D eigenvalue weighted by atomic mass is 79.9. The molecule has 1 rings (SSSR count). The van der Waals surface area contributed by atoms with Crippen molar-refractivity contribution >= 4 is 55.1 Å². The van der Waals surface area contributed by atoms with Crippen LogP contribution in [0.3, 0.4) is 0 Å². The Morgan fingerprint density at radius 2 is 2.15 bits per heavy atom. The van der Waals surface area contributed by atoms with Crippen LogP contribution in [0.5, 0.6) is 0 Å². The van der Waals surface area contributed by atoms with Gasteiger partial charge in [0.25, 0.3) is 0 Å². The van der Waals surface area contributed by atoms with Crippen LogP contribution < -0.4 is 15.2 Å². The largest absolute Gasteiger partial charge is 0.449 e. The normalized spacial score (nSPS) is 10.7. The quantitative estimate of drug-likeness (QED) is 0.666. The summed E-state index contributed by atoms with van der Waals surface area (Å²) in [6.07, 6.45) is -1.08. The molecule has 110 valence electrons. The van der Waals surface area contributed by atoms with Gasteiger partial charge in [-0.3, -0.25) is 4.72 Å². The van der Waals surface area contributed by atoms with Crippen molar-refractivity contribution in [2.45, 2.75) is 6.92 Å². The summed E-state index contributed by atoms with van der Waals surface area (Å²) >= 11 is 8.06. The van der Waals surface area contributed by atoms with E-state index in [0.717, 1.165) is 0 Å². The highest BCUT2D eigenvalue weighted by Gasteiger charge is 2.17. The van der Waals surface area contributed by atoms with E-state index in [4.69, 9.17) is 18.0 Å². The van der Waals surface area contributed by atoms with E-state index < -0.39 is 16.3 Å². The number of hydrogen-bond donors (Lipinski definition) is 3. The Morgan fingerprint density at radius 3 is 2.70 bits per heavy atom. The van der Waals surface area contributed by atoms with Gasteiger partial charge in [0.15, 0.2) is 0 Å². The van der Waals surface area contributed by atoms with Gasteiger partial charge < -0.3 is 10.5 Å². The Balaban J connectivity index is 2.98. The Labute approximate surface area is 130 Å². The van der Waals surface area contributed by atoms with E-state index in [1.165, 1.54) is 6.07 Å². The third-order valence-corrected chi connectivity index (χ3v) is 3.62. The molecule has 0 aromatic heterocycles. The molecule has 0 aliphatic carbocycles. The number of benzene rings is 1. The summed E-state index contributed by atoms with van der Waals surface area (Å²) in [6, 6.07) is 4.62. The van der Waals surface area contributed by atoms with Crippen LogP contribution in [0, 0.1) is 0 Å². The molecule has 10 heteroatoms. The fourth-order valence-electron chi connectivity index (χ4n) is 1.25. The van der Waals surface area contributed by atoms with E-state index in [-0.39, 0.29) is 17.3 Å². The second-order valence-corrected chi connectivity index (χ2v) is 6.25. The third kappa shape index (κ3) is 4.94. The molecule has 0 spiro atoms. The number of ether oxygens (including phenoxy) is 1. The Morgan fingerprint density at radius 1 is 1.50 bits per heavy atom. The number of amides is 1. The molecule has 1 aromatic rings. The van der Waals surface area contributed by atoms with Crippen molar-refractivity contribution in [2.24, 2.45) is 5.73 Å². The molecule has 0 saturated carbocycles. The lowest BCUT2D eigenvalue weighted by Crippen LogP contribution is -2.36. The molecule has 20 heavy (non-hydrogen) atoms. The minimum Gasteiger partial charge on any atom is -0.449 e. The predicted molar refractivity (Wildman–Crippen MR) is 82.7 cm³/mol. The fraction of sp³-hybridized carbons (Fsp3) is 0.200. The second kappa shape index (κ2) is 6.86. The summed E-state index contributed by atoms with van der Waals surface area (Å²) in [7, 11) is -4.13. The third-order valence-electron chi connectivity index (χ3n) is 1.98. The first-order valence-electron chi connectivity index (χ1n) is 5.32. The molecule has 0 atom stereocenters. The van der Waals surface area contributed by atoms with Crippen molar-refractivity contribution in [1.29, 1.82) is 0 Å². The van der Waals surface area contributed by atoms with E-state index in [0.29, 0.717) is 10.0 Å². The fourth-order valence-corrected chi connectivity index (χ4v) is 2.58. The highest BCUT2D eigenvalue weighted by molar-refractivity contribution is 9.10. The zero-order valence-corrected chi connectivity index (χ0v) is 13.6. The van der Waals surface area contributed by atoms with Crippen LogP contribution in [0.25, 0.3) is 0 Å². The molecule has 0 aliphatic heterocycles. The van der Waals surface area contributed by atoms with E-state index in [1.807, 2.05) is 0 Å². The molecular weight excluding hydrogens is 370 g/mol. The first kappa shape index (κ1) is 16.7. The van der Waals surface area contributed by atoms with Crippen LogP contribution in [-0.2, 0) is 14.9 Å². The van der Waals surface area contributed by atoms with Gasteiger partial charge in [-0.25, -0.2) is 9.52 Å². The Hall–Kier alpha value is -1.39. The molecule has 7 nitrogen and oxygen atoms in total. The summed E-state index contributed by atoms with van der Waals surface area (Å²) in [5.74, 6) is 0. The highest BCUT2D eigenvalue weighted by Crippen LogP contribution is 2.21. The molecular formula is C10H12BrN3O4S2. The smallest absolute Gasteiger partial charge is 0.422 e. The standard InChI is InChI=1S/C10H12BrN3O4S2/c1-2-18-10(15)14-20(16,17)13-8-4-3-6(11)5-7(8)9(12)19/h3-5,13H,2H2,1H3,(H2,12,19)(H,14,15). The van der Waals surface area contributed by atoms with Gasteiger partial charge in [0.1, 0.15) is 4.99 Å². The molecule has 0 saturated heterocycles. The van der Waals surface area contributed by atoms with Gasteiger partial charge in [0.05, 0.1) is 12.3 Å². The van der Waals surface area contributed by atoms with Crippen LogP contribution in [-0.4, -0.2) is 26.1 Å². The van der Waals surface area contributed by atoms with Crippen LogP contribution in [0.1, 0.15) is 12.5 Å². The van der Waals surface area contributed by atoms with E-state index in [9.17, 15) is 13.2 Å². The molecule has 0 unspecified atom stereocenters. The molecule has 4 N–H and O–H groups in total. The number of carbonyl (C=O) groups is 1. The van der Waals surface area contributed by atoms with Crippen molar-refractivity contribution in [3.05, 3.63) is 28.2 Å². The predicted octanol–water partition coefficient (Wildman–Crippen LogP) is 1.49. The maximum absolute atomic E-state index is 11.7. The summed E-state index contributed by atoms with van der Waals surface area (Å²) < 4.78 is 32.5. The molecule has 0 fully saturated rings. The summed E-state index contributed by atoms with van der Waals surface area (Å²) in [5, 5.41) is 0. The van der Waals surface area contributed by atoms with Gasteiger partial charge >= 0.3 is 16.3 Å². The first-order chi connectivity index (χ1) is 9.25. The number of anilines is 1. The lowest BCUT2D eigenvalue weighted by molar-refractivity contribution is 0.159. The SMILES string of the molecule is CCOC(=O)NS(=O)(=O)Nc1ccc(Br)cc1C(N)=S. The van der Waals surface area contributed by atoms with Gasteiger partial charge in [-0.1, -0.05) is 28.1 Å². The van der Waals surface area contributed by atoms with Crippen molar-refractivity contribution in [3.63, 3.8) is 0 Å². The van der Waals surface area contributed by atoms with Crippen molar-refractivity contribution in [2.75, 3.05) is 11.3 Å². The molecule has 0 radical (unpaired) electrons. The number of hydrogen-bond acceptors (Lipinski definition) is 5. The molecule has 0 aliphatic rings. The number of nitrogens with one attached hydrogen (secondary N) is 2. The summed E-state index contributed by atoms with van der Waals surface area (Å²) in [5.41, 5.74) is 5.99. The lowest BCUT2D eigenvalue weighted by atomic mass is 10.2. The van der Waals surface area contributed by atoms with Crippen LogP contribution >= 0.6 is 28.1 Å². The number of thiocarbonyl (C=S) groups is 1. The topological polar surface area (TPSA) is 111 Å². The first-order valence-corrected chi connectivity index (χ1v) is 8.00. The number of halogens is 1. The average molecular weight is 382 g/mol. The lowest BCUT2D eigenvalue weighted by Gasteiger charge is -2.12. The van der Waals surface area contributed by atoms with Gasteiger partial charge in [0, 0.05) is 10.0 Å². The molecule has 1 aromatic carbocycles. The number of carbonyl (C=O) groups excluding carboxylic acids is 1. The van der Waals surface area contributed by atoms with E-state index in [2.05, 4.69) is 25.4 Å².